The van der Waals surface area contributed by atoms with Gasteiger partial charge >= 0.3 is 0 Å². The average molecular weight is 366 g/mol. The van der Waals surface area contributed by atoms with Crippen LogP contribution < -0.4 is 11.1 Å². The van der Waals surface area contributed by atoms with Gasteiger partial charge in [0.2, 0.25) is 0 Å². The molecule has 2 rings (SSSR count). The number of hydrogen-bond acceptors (Lipinski definition) is 2. The molecule has 19 heavy (non-hydrogen) atoms. The number of benzene rings is 2. The average Bonchev–Trinajstić information content (AvgIpc) is 2.36. The Morgan fingerprint density at radius 1 is 1.11 bits per heavy atom. The molecule has 0 aliphatic rings. The Hall–Kier alpha value is -1.56. The van der Waals surface area contributed by atoms with E-state index in [0.717, 1.165) is 20.4 Å². The quantitative estimate of drug-likeness (QED) is 0.629. The molecule has 4 heteroatoms. The molecule has 2 aromatic rings. The van der Waals surface area contributed by atoms with Crippen molar-refractivity contribution in [2.24, 2.45) is 0 Å². The van der Waals surface area contributed by atoms with Crippen molar-refractivity contribution in [2.75, 3.05) is 11.1 Å². The monoisotopic (exact) mass is 366 g/mol. The molecule has 0 aliphatic heterocycles. The number of carbonyl (C=O) groups excluding carboxylic acids is 1. The summed E-state index contributed by atoms with van der Waals surface area (Å²) < 4.78 is 1.15. The summed E-state index contributed by atoms with van der Waals surface area (Å²) in [5.74, 6) is -0.143. The summed E-state index contributed by atoms with van der Waals surface area (Å²) in [6.07, 6.45) is 0. The molecule has 1 amide bonds. The molecule has 0 unspecified atom stereocenters. The maximum Gasteiger partial charge on any atom is 0.255 e. The van der Waals surface area contributed by atoms with Crippen LogP contribution in [0.1, 0.15) is 21.5 Å². The summed E-state index contributed by atoms with van der Waals surface area (Å²) >= 11 is 2.25. The molecule has 0 saturated carbocycles. The molecule has 0 spiro atoms. The van der Waals surface area contributed by atoms with Crippen molar-refractivity contribution in [2.45, 2.75) is 13.8 Å². The lowest BCUT2D eigenvalue weighted by Gasteiger charge is -2.10. The van der Waals surface area contributed by atoms with Gasteiger partial charge in [0.1, 0.15) is 0 Å². The third kappa shape index (κ3) is 3.26. The molecule has 0 fully saturated rings. The molecule has 98 valence electrons. The number of nitrogens with two attached hydrogens (primary N) is 1. The number of nitrogens with one attached hydrogen (secondary N) is 1. The molecule has 0 aromatic heterocycles. The second-order valence-corrected chi connectivity index (χ2v) is 5.73. The van der Waals surface area contributed by atoms with Gasteiger partial charge in [-0.1, -0.05) is 6.07 Å². The Morgan fingerprint density at radius 2 is 1.84 bits per heavy atom. The fourth-order valence-corrected chi connectivity index (χ4v) is 2.39. The van der Waals surface area contributed by atoms with Crippen molar-refractivity contribution < 1.29 is 4.79 Å². The molecular formula is C15H15IN2O. The van der Waals surface area contributed by atoms with Crippen LogP contribution in [0, 0.1) is 17.4 Å². The third-order valence-electron chi connectivity index (χ3n) is 2.98. The number of aryl methyl sites for hydroxylation is 2. The predicted octanol–water partition coefficient (Wildman–Crippen LogP) is 3.74. The van der Waals surface area contributed by atoms with Crippen molar-refractivity contribution in [3.8, 4) is 0 Å². The lowest BCUT2D eigenvalue weighted by molar-refractivity contribution is 0.102. The van der Waals surface area contributed by atoms with Crippen LogP contribution in [0.2, 0.25) is 0 Å². The normalized spacial score (nSPS) is 10.3. The predicted molar refractivity (Wildman–Crippen MR) is 87.4 cm³/mol. The van der Waals surface area contributed by atoms with Crippen LogP contribution in [-0.2, 0) is 0 Å². The molecule has 0 atom stereocenters. The van der Waals surface area contributed by atoms with Crippen LogP contribution in [-0.4, -0.2) is 5.91 Å². The van der Waals surface area contributed by atoms with Gasteiger partial charge in [0.05, 0.1) is 0 Å². The molecule has 0 bridgehead atoms. The van der Waals surface area contributed by atoms with Gasteiger partial charge < -0.3 is 11.1 Å². The molecule has 3 N–H and O–H groups in total. The highest BCUT2D eigenvalue weighted by molar-refractivity contribution is 14.1. The van der Waals surface area contributed by atoms with E-state index in [9.17, 15) is 4.79 Å². The zero-order valence-electron chi connectivity index (χ0n) is 10.8. The van der Waals surface area contributed by atoms with Gasteiger partial charge in [0.15, 0.2) is 0 Å². The summed E-state index contributed by atoms with van der Waals surface area (Å²) in [7, 11) is 0. The molecular weight excluding hydrogens is 351 g/mol. The Labute approximate surface area is 126 Å². The summed E-state index contributed by atoms with van der Waals surface area (Å²) in [5.41, 5.74) is 9.86. The largest absolute Gasteiger partial charge is 0.398 e. The smallest absolute Gasteiger partial charge is 0.255 e. The summed E-state index contributed by atoms with van der Waals surface area (Å²) in [6.45, 7) is 3.89. The minimum absolute atomic E-state index is 0.143. The van der Waals surface area contributed by atoms with Crippen molar-refractivity contribution >= 4 is 39.9 Å². The van der Waals surface area contributed by atoms with Crippen molar-refractivity contribution in [3.63, 3.8) is 0 Å². The molecule has 3 nitrogen and oxygen atoms in total. The summed E-state index contributed by atoms with van der Waals surface area (Å²) in [4.78, 5) is 12.1. The maximum atomic E-state index is 12.1. The second kappa shape index (κ2) is 5.61. The van der Waals surface area contributed by atoms with Crippen molar-refractivity contribution in [3.05, 3.63) is 56.7 Å². The van der Waals surface area contributed by atoms with E-state index in [1.54, 1.807) is 12.1 Å². The van der Waals surface area contributed by atoms with Crippen LogP contribution in [0.15, 0.2) is 36.4 Å². The molecule has 0 aliphatic carbocycles. The fraction of sp³-hybridized carbons (Fsp3) is 0.133. The lowest BCUT2D eigenvalue weighted by atomic mass is 10.1. The Bertz CT molecular complexity index is 638. The van der Waals surface area contributed by atoms with Crippen LogP contribution in [0.3, 0.4) is 0 Å². The molecule has 2 aromatic carbocycles. The minimum Gasteiger partial charge on any atom is -0.398 e. The van der Waals surface area contributed by atoms with E-state index < -0.39 is 0 Å². The number of carbonyl (C=O) groups is 1. The number of anilines is 2. The summed E-state index contributed by atoms with van der Waals surface area (Å²) in [5, 5.41) is 2.90. The minimum atomic E-state index is -0.143. The van der Waals surface area contributed by atoms with Crippen LogP contribution in [0.25, 0.3) is 0 Å². The highest BCUT2D eigenvalue weighted by Crippen LogP contribution is 2.19. The van der Waals surface area contributed by atoms with Gasteiger partial charge in [-0.2, -0.15) is 0 Å². The SMILES string of the molecule is Cc1ccc(C(=O)Nc2ccc(I)cc2C)cc1N. The van der Waals surface area contributed by atoms with E-state index in [2.05, 4.69) is 27.9 Å². The van der Waals surface area contributed by atoms with Gasteiger partial charge in [-0.15, -0.1) is 0 Å². The first kappa shape index (κ1) is 13.9. The van der Waals surface area contributed by atoms with E-state index in [0.29, 0.717) is 11.3 Å². The zero-order chi connectivity index (χ0) is 14.0. The highest BCUT2D eigenvalue weighted by Gasteiger charge is 2.09. The van der Waals surface area contributed by atoms with E-state index >= 15 is 0 Å². The number of nitrogen functional groups attached to an aromatic ring is 1. The van der Waals surface area contributed by atoms with Gasteiger partial charge in [-0.3, -0.25) is 4.79 Å². The molecule has 0 radical (unpaired) electrons. The Kier molecular flexibility index (Phi) is 4.09. The fourth-order valence-electron chi connectivity index (χ4n) is 1.74. The van der Waals surface area contributed by atoms with Gasteiger partial charge in [0, 0.05) is 20.5 Å². The Balaban J connectivity index is 2.23. The van der Waals surface area contributed by atoms with E-state index in [-0.39, 0.29) is 5.91 Å². The Morgan fingerprint density at radius 3 is 2.47 bits per heavy atom. The number of amides is 1. The van der Waals surface area contributed by atoms with Crippen molar-refractivity contribution in [1.82, 2.24) is 0 Å². The first-order valence-electron chi connectivity index (χ1n) is 5.91. The second-order valence-electron chi connectivity index (χ2n) is 4.48. The molecule has 0 saturated heterocycles. The van der Waals surface area contributed by atoms with Crippen molar-refractivity contribution in [1.29, 1.82) is 0 Å². The highest BCUT2D eigenvalue weighted by atomic mass is 127. The number of halogens is 1. The lowest BCUT2D eigenvalue weighted by Crippen LogP contribution is -2.13. The van der Waals surface area contributed by atoms with Crippen LogP contribution in [0.5, 0.6) is 0 Å². The first-order chi connectivity index (χ1) is 8.97. The number of rotatable bonds is 2. The molecule has 0 heterocycles. The van der Waals surface area contributed by atoms with E-state index in [1.165, 1.54) is 0 Å². The number of hydrogen-bond donors (Lipinski definition) is 2. The van der Waals surface area contributed by atoms with Gasteiger partial charge in [-0.05, 0) is 77.9 Å². The van der Waals surface area contributed by atoms with E-state index in [1.807, 2.05) is 38.1 Å². The van der Waals surface area contributed by atoms with E-state index in [4.69, 9.17) is 5.73 Å². The maximum absolute atomic E-state index is 12.1. The standard InChI is InChI=1S/C15H15IN2O/c1-9-3-4-11(8-13(9)17)15(19)18-14-6-5-12(16)7-10(14)2/h3-8H,17H2,1-2H3,(H,18,19). The van der Waals surface area contributed by atoms with Crippen LogP contribution in [0.4, 0.5) is 11.4 Å². The topological polar surface area (TPSA) is 55.1 Å². The van der Waals surface area contributed by atoms with Gasteiger partial charge in [-0.25, -0.2) is 0 Å². The zero-order valence-corrected chi connectivity index (χ0v) is 13.0. The summed E-state index contributed by atoms with van der Waals surface area (Å²) in [6, 6.07) is 11.2. The third-order valence-corrected chi connectivity index (χ3v) is 3.65. The van der Waals surface area contributed by atoms with Crippen LogP contribution >= 0.6 is 22.6 Å². The van der Waals surface area contributed by atoms with Gasteiger partial charge in [0.25, 0.3) is 5.91 Å². The first-order valence-corrected chi connectivity index (χ1v) is 6.99.